The predicted molar refractivity (Wildman–Crippen MR) is 138 cm³/mol. The van der Waals surface area contributed by atoms with Gasteiger partial charge in [-0.3, -0.25) is 14.6 Å². The molecule has 5 rings (SSSR count). The minimum Gasteiger partial charge on any atom is -0.361 e. The minimum absolute atomic E-state index is 0.140. The summed E-state index contributed by atoms with van der Waals surface area (Å²) in [4.78, 5) is 33.4. The summed E-state index contributed by atoms with van der Waals surface area (Å²) in [6, 6.07) is 16.7. The molecule has 0 aliphatic rings. The van der Waals surface area contributed by atoms with Gasteiger partial charge in [-0.2, -0.15) is 0 Å². The molecule has 0 saturated heterocycles. The van der Waals surface area contributed by atoms with Gasteiger partial charge in [0.25, 0.3) is 5.91 Å². The molecular weight excluding hydrogens is 493 g/mol. The molecule has 2 heterocycles. The highest BCUT2D eigenvalue weighted by Crippen LogP contribution is 2.24. The summed E-state index contributed by atoms with van der Waals surface area (Å²) in [6.45, 7) is 0. The molecule has 0 aliphatic heterocycles. The van der Waals surface area contributed by atoms with E-state index in [9.17, 15) is 18.4 Å². The monoisotopic (exact) mass is 514 g/mol. The molecule has 6 nitrogen and oxygen atoms in total. The molecule has 190 valence electrons. The van der Waals surface area contributed by atoms with Gasteiger partial charge in [0.2, 0.25) is 5.91 Å². The Labute approximate surface area is 215 Å². The van der Waals surface area contributed by atoms with Crippen LogP contribution in [0.4, 0.5) is 18.9 Å². The van der Waals surface area contributed by atoms with Gasteiger partial charge < -0.3 is 15.6 Å². The maximum Gasteiger partial charge on any atom is 0.254 e. The van der Waals surface area contributed by atoms with Crippen molar-refractivity contribution in [1.29, 1.82) is 0 Å². The smallest absolute Gasteiger partial charge is 0.254 e. The van der Waals surface area contributed by atoms with Crippen molar-refractivity contribution in [1.82, 2.24) is 15.3 Å². The van der Waals surface area contributed by atoms with E-state index in [4.69, 9.17) is 0 Å². The van der Waals surface area contributed by atoms with Crippen LogP contribution in [0.25, 0.3) is 22.0 Å². The predicted octanol–water partition coefficient (Wildman–Crippen LogP) is 5.63. The van der Waals surface area contributed by atoms with Crippen LogP contribution in [0.3, 0.4) is 0 Å². The van der Waals surface area contributed by atoms with Gasteiger partial charge >= 0.3 is 0 Å². The van der Waals surface area contributed by atoms with E-state index in [0.29, 0.717) is 5.69 Å². The van der Waals surface area contributed by atoms with Crippen molar-refractivity contribution < 1.29 is 22.8 Å². The zero-order valence-corrected chi connectivity index (χ0v) is 19.8. The number of pyridine rings is 1. The topological polar surface area (TPSA) is 86.9 Å². The van der Waals surface area contributed by atoms with Gasteiger partial charge in [0.05, 0.1) is 5.56 Å². The van der Waals surface area contributed by atoms with Crippen LogP contribution in [0, 0.1) is 17.5 Å². The third-order valence-electron chi connectivity index (χ3n) is 6.14. The van der Waals surface area contributed by atoms with Gasteiger partial charge in [-0.15, -0.1) is 0 Å². The highest BCUT2D eigenvalue weighted by Gasteiger charge is 2.25. The summed E-state index contributed by atoms with van der Waals surface area (Å²) in [6.07, 6.45) is 4.95. The molecule has 0 radical (unpaired) electrons. The fourth-order valence-corrected chi connectivity index (χ4v) is 4.18. The number of carbonyl (C=O) groups excluding carboxylic acids is 2. The fraction of sp³-hybridized carbons (Fsp3) is 0.0690. The quantitative estimate of drug-likeness (QED) is 0.263. The van der Waals surface area contributed by atoms with E-state index >= 15 is 4.39 Å². The Morgan fingerprint density at radius 2 is 1.55 bits per heavy atom. The number of H-pyrrole nitrogens is 1. The highest BCUT2D eigenvalue weighted by molar-refractivity contribution is 6.02. The molecular formula is C29H21F3N4O2. The molecule has 0 aliphatic carbocycles. The molecule has 0 saturated carbocycles. The minimum atomic E-state index is -1.06. The van der Waals surface area contributed by atoms with Gasteiger partial charge in [0.15, 0.2) is 11.6 Å². The van der Waals surface area contributed by atoms with Crippen LogP contribution in [-0.4, -0.2) is 27.8 Å². The standard InChI is InChI=1S/C29H21F3N4O2/c30-23-8-6-18(14-25(23)32)17-5-7-22(24(31)13-17)28(37)36-27(29(38)35-20-9-11-33-12-10-20)15-19-16-34-26-4-2-1-3-21(19)26/h1-14,16,27,34H,15H2,(H,36,37)(H,33,35,38)/t27-/m0/s1. The van der Waals surface area contributed by atoms with E-state index in [-0.39, 0.29) is 23.1 Å². The Balaban J connectivity index is 1.40. The molecule has 0 spiro atoms. The maximum absolute atomic E-state index is 15.0. The first-order chi connectivity index (χ1) is 18.4. The lowest BCUT2D eigenvalue weighted by Gasteiger charge is -2.19. The van der Waals surface area contributed by atoms with Crippen molar-refractivity contribution in [2.45, 2.75) is 12.5 Å². The lowest BCUT2D eigenvalue weighted by molar-refractivity contribution is -0.118. The number of fused-ring (bicyclic) bond motifs is 1. The first-order valence-electron chi connectivity index (χ1n) is 11.7. The second kappa shape index (κ2) is 10.6. The van der Waals surface area contributed by atoms with Crippen LogP contribution in [0.2, 0.25) is 0 Å². The van der Waals surface area contributed by atoms with Crippen molar-refractivity contribution in [3.63, 3.8) is 0 Å². The van der Waals surface area contributed by atoms with Crippen molar-refractivity contribution in [2.75, 3.05) is 5.32 Å². The number of rotatable bonds is 7. The Hall–Kier alpha value is -4.92. The first-order valence-corrected chi connectivity index (χ1v) is 11.7. The average molecular weight is 515 g/mol. The summed E-state index contributed by atoms with van der Waals surface area (Å²) in [5.41, 5.74) is 2.39. The third-order valence-corrected chi connectivity index (χ3v) is 6.14. The van der Waals surface area contributed by atoms with Crippen LogP contribution >= 0.6 is 0 Å². The molecule has 2 aromatic heterocycles. The first kappa shape index (κ1) is 24.8. The summed E-state index contributed by atoms with van der Waals surface area (Å²) < 4.78 is 41.9. The Kier molecular flexibility index (Phi) is 6.90. The number of carbonyl (C=O) groups is 2. The summed E-state index contributed by atoms with van der Waals surface area (Å²) >= 11 is 0. The summed E-state index contributed by atoms with van der Waals surface area (Å²) in [5, 5.41) is 6.29. The summed E-state index contributed by atoms with van der Waals surface area (Å²) in [7, 11) is 0. The van der Waals surface area contributed by atoms with E-state index in [1.165, 1.54) is 30.6 Å². The molecule has 5 aromatic rings. The number of amides is 2. The lowest BCUT2D eigenvalue weighted by atomic mass is 10.0. The Bertz CT molecular complexity index is 1640. The highest BCUT2D eigenvalue weighted by atomic mass is 19.2. The number of anilines is 1. The van der Waals surface area contributed by atoms with Crippen LogP contribution in [0.15, 0.2) is 91.4 Å². The van der Waals surface area contributed by atoms with Crippen molar-refractivity contribution >= 4 is 28.4 Å². The summed E-state index contributed by atoms with van der Waals surface area (Å²) in [5.74, 6) is -4.24. The largest absolute Gasteiger partial charge is 0.361 e. The Morgan fingerprint density at radius 3 is 2.29 bits per heavy atom. The van der Waals surface area contributed by atoms with Gasteiger partial charge in [0, 0.05) is 41.6 Å². The van der Waals surface area contributed by atoms with Gasteiger partial charge in [0.1, 0.15) is 11.9 Å². The van der Waals surface area contributed by atoms with Crippen molar-refractivity contribution in [2.24, 2.45) is 0 Å². The van der Waals surface area contributed by atoms with E-state index < -0.39 is 35.3 Å². The zero-order chi connectivity index (χ0) is 26.6. The molecule has 1 atom stereocenters. The second-order valence-electron chi connectivity index (χ2n) is 8.64. The fourth-order valence-electron chi connectivity index (χ4n) is 4.18. The van der Waals surface area contributed by atoms with Crippen LogP contribution in [0.5, 0.6) is 0 Å². The average Bonchev–Trinajstić information content (AvgIpc) is 3.33. The zero-order valence-electron chi connectivity index (χ0n) is 19.8. The third kappa shape index (κ3) is 5.27. The number of para-hydroxylation sites is 1. The Morgan fingerprint density at radius 1 is 0.842 bits per heavy atom. The van der Waals surface area contributed by atoms with Crippen LogP contribution in [0.1, 0.15) is 15.9 Å². The number of nitrogens with one attached hydrogen (secondary N) is 3. The van der Waals surface area contributed by atoms with Crippen LogP contribution < -0.4 is 10.6 Å². The molecule has 9 heteroatoms. The molecule has 0 bridgehead atoms. The number of aromatic nitrogens is 2. The number of aromatic amines is 1. The van der Waals surface area contributed by atoms with Crippen LogP contribution in [-0.2, 0) is 11.2 Å². The number of halogens is 3. The molecule has 38 heavy (non-hydrogen) atoms. The molecule has 0 fully saturated rings. The van der Waals surface area contributed by atoms with E-state index in [1.54, 1.807) is 18.3 Å². The number of benzene rings is 3. The van der Waals surface area contributed by atoms with E-state index in [0.717, 1.165) is 34.7 Å². The van der Waals surface area contributed by atoms with Gasteiger partial charge in [-0.1, -0.05) is 30.3 Å². The molecule has 3 N–H and O–H groups in total. The normalized spacial score (nSPS) is 11.8. The molecule has 3 aromatic carbocycles. The SMILES string of the molecule is O=C(N[C@@H](Cc1c[nH]c2ccccc12)C(=O)Nc1ccncc1)c1ccc(-c2ccc(F)c(F)c2)cc1F. The molecule has 0 unspecified atom stereocenters. The molecule has 2 amide bonds. The van der Waals surface area contributed by atoms with E-state index in [2.05, 4.69) is 20.6 Å². The number of nitrogens with zero attached hydrogens (tertiary/aromatic N) is 1. The second-order valence-corrected chi connectivity index (χ2v) is 8.64. The van der Waals surface area contributed by atoms with Gasteiger partial charge in [-0.05, 0) is 59.2 Å². The van der Waals surface area contributed by atoms with E-state index in [1.807, 2.05) is 24.3 Å². The maximum atomic E-state index is 15.0. The van der Waals surface area contributed by atoms with Crippen molar-refractivity contribution in [3.8, 4) is 11.1 Å². The number of hydrogen-bond donors (Lipinski definition) is 3. The van der Waals surface area contributed by atoms with Crippen molar-refractivity contribution in [3.05, 3.63) is 120 Å². The lowest BCUT2D eigenvalue weighted by Crippen LogP contribution is -2.45. The van der Waals surface area contributed by atoms with Gasteiger partial charge in [-0.25, -0.2) is 13.2 Å². The number of hydrogen-bond acceptors (Lipinski definition) is 3.